The van der Waals surface area contributed by atoms with E-state index >= 15 is 0 Å². The molecule has 3 aromatic rings. The fraction of sp³-hybridized carbons (Fsp3) is 0.235. The predicted molar refractivity (Wildman–Crippen MR) is 102 cm³/mol. The Labute approximate surface area is 167 Å². The van der Waals surface area contributed by atoms with E-state index in [2.05, 4.69) is 41.6 Å². The zero-order chi connectivity index (χ0) is 20.1. The van der Waals surface area contributed by atoms with Crippen molar-refractivity contribution in [1.29, 1.82) is 0 Å². The third kappa shape index (κ3) is 5.00. The molecular formula is C17H17BrF2N6O2. The maximum Gasteiger partial charge on any atom is 0.229 e. The Morgan fingerprint density at radius 2 is 2.00 bits per heavy atom. The fourth-order valence-corrected chi connectivity index (χ4v) is 2.97. The summed E-state index contributed by atoms with van der Waals surface area (Å²) in [5.74, 6) is -1.27. The lowest BCUT2D eigenvalue weighted by molar-refractivity contribution is 0.269. The van der Waals surface area contributed by atoms with Crippen LogP contribution in [0.25, 0.3) is 0 Å². The lowest BCUT2D eigenvalue weighted by Crippen LogP contribution is -2.17. The molecule has 148 valence electrons. The Balaban J connectivity index is 1.79. The molecule has 0 radical (unpaired) electrons. The standard InChI is InChI=1S/C17H17BrF2N6O2/c18-11-3-10(4-12(19)5-11)15(9-28)24-16-14(20)7-21-17(25-16)23-13-6-22-26(8-13)1-2-27/h3-8,15,27-28H,1-2,9H2,(H2,21,23,24,25). The van der Waals surface area contributed by atoms with Gasteiger partial charge in [0, 0.05) is 10.7 Å². The molecule has 4 N–H and O–H groups in total. The van der Waals surface area contributed by atoms with E-state index in [1.54, 1.807) is 12.3 Å². The van der Waals surface area contributed by atoms with Gasteiger partial charge < -0.3 is 20.8 Å². The summed E-state index contributed by atoms with van der Waals surface area (Å²) < 4.78 is 29.8. The zero-order valence-electron chi connectivity index (χ0n) is 14.5. The van der Waals surface area contributed by atoms with Crippen LogP contribution < -0.4 is 10.6 Å². The normalized spacial score (nSPS) is 12.0. The molecule has 0 spiro atoms. The second kappa shape index (κ2) is 9.04. The van der Waals surface area contributed by atoms with Crippen LogP contribution in [-0.4, -0.2) is 43.2 Å². The van der Waals surface area contributed by atoms with Crippen molar-refractivity contribution < 1.29 is 19.0 Å². The Bertz CT molecular complexity index is 935. The number of nitrogens with one attached hydrogen (secondary N) is 2. The molecule has 0 saturated heterocycles. The number of benzene rings is 1. The summed E-state index contributed by atoms with van der Waals surface area (Å²) in [6.45, 7) is -0.128. The number of hydrogen-bond donors (Lipinski definition) is 4. The van der Waals surface area contributed by atoms with E-state index in [1.807, 2.05) is 0 Å². The SMILES string of the molecule is OCCn1cc(Nc2ncc(F)c(NC(CO)c3cc(F)cc(Br)c3)n2)cn1. The van der Waals surface area contributed by atoms with E-state index in [-0.39, 0.29) is 18.4 Å². The van der Waals surface area contributed by atoms with Crippen molar-refractivity contribution in [3.63, 3.8) is 0 Å². The topological polar surface area (TPSA) is 108 Å². The number of anilines is 3. The Morgan fingerprint density at radius 1 is 1.18 bits per heavy atom. The molecule has 1 atom stereocenters. The summed E-state index contributed by atoms with van der Waals surface area (Å²) in [5.41, 5.74) is 0.978. The molecule has 0 aliphatic heterocycles. The van der Waals surface area contributed by atoms with Gasteiger partial charge in [-0.25, -0.2) is 13.8 Å². The smallest absolute Gasteiger partial charge is 0.229 e. The lowest BCUT2D eigenvalue weighted by atomic mass is 10.1. The van der Waals surface area contributed by atoms with Gasteiger partial charge >= 0.3 is 0 Å². The van der Waals surface area contributed by atoms with Gasteiger partial charge in [0.15, 0.2) is 11.6 Å². The largest absolute Gasteiger partial charge is 0.394 e. The maximum absolute atomic E-state index is 14.2. The third-order valence-corrected chi connectivity index (χ3v) is 4.20. The third-order valence-electron chi connectivity index (χ3n) is 3.74. The van der Waals surface area contributed by atoms with E-state index in [9.17, 15) is 13.9 Å². The van der Waals surface area contributed by atoms with Crippen molar-refractivity contribution in [2.45, 2.75) is 12.6 Å². The van der Waals surface area contributed by atoms with Crippen LogP contribution in [0.1, 0.15) is 11.6 Å². The van der Waals surface area contributed by atoms with Gasteiger partial charge in [0.2, 0.25) is 5.95 Å². The van der Waals surface area contributed by atoms with Crippen LogP contribution in [0.3, 0.4) is 0 Å². The Kier molecular flexibility index (Phi) is 6.49. The minimum atomic E-state index is -0.781. The van der Waals surface area contributed by atoms with Gasteiger partial charge in [-0.3, -0.25) is 4.68 Å². The van der Waals surface area contributed by atoms with E-state index in [4.69, 9.17) is 5.11 Å². The first-order chi connectivity index (χ1) is 13.5. The molecule has 0 bridgehead atoms. The second-order valence-electron chi connectivity index (χ2n) is 5.81. The van der Waals surface area contributed by atoms with Crippen molar-refractivity contribution in [2.75, 3.05) is 23.8 Å². The van der Waals surface area contributed by atoms with Crippen molar-refractivity contribution >= 4 is 33.4 Å². The molecular weight excluding hydrogens is 438 g/mol. The first-order valence-corrected chi connectivity index (χ1v) is 9.04. The van der Waals surface area contributed by atoms with Crippen LogP contribution in [-0.2, 0) is 6.54 Å². The van der Waals surface area contributed by atoms with Gasteiger partial charge in [0.05, 0.1) is 43.9 Å². The van der Waals surface area contributed by atoms with E-state index < -0.39 is 24.3 Å². The lowest BCUT2D eigenvalue weighted by Gasteiger charge is -2.18. The van der Waals surface area contributed by atoms with Gasteiger partial charge in [0.1, 0.15) is 5.82 Å². The highest BCUT2D eigenvalue weighted by Gasteiger charge is 2.16. The quantitative estimate of drug-likeness (QED) is 0.414. The summed E-state index contributed by atoms with van der Waals surface area (Å²) in [6, 6.07) is 3.36. The number of aromatic nitrogens is 4. The summed E-state index contributed by atoms with van der Waals surface area (Å²) in [6.07, 6.45) is 4.12. The first-order valence-electron chi connectivity index (χ1n) is 8.24. The number of halogens is 3. The molecule has 2 aromatic heterocycles. The van der Waals surface area contributed by atoms with Gasteiger partial charge in [0.25, 0.3) is 0 Å². The Hall–Kier alpha value is -2.63. The predicted octanol–water partition coefficient (Wildman–Crippen LogP) is 2.60. The fourth-order valence-electron chi connectivity index (χ4n) is 2.49. The molecule has 0 fully saturated rings. The van der Waals surface area contributed by atoms with Crippen LogP contribution in [0, 0.1) is 11.6 Å². The molecule has 0 saturated carbocycles. The summed E-state index contributed by atoms with van der Waals surface area (Å²) >= 11 is 3.19. The molecule has 28 heavy (non-hydrogen) atoms. The Morgan fingerprint density at radius 3 is 2.71 bits per heavy atom. The van der Waals surface area contributed by atoms with Gasteiger partial charge in [-0.1, -0.05) is 15.9 Å². The summed E-state index contributed by atoms with van der Waals surface area (Å²) in [4.78, 5) is 7.94. The van der Waals surface area contributed by atoms with Gasteiger partial charge in [-0.15, -0.1) is 0 Å². The van der Waals surface area contributed by atoms with Crippen LogP contribution in [0.5, 0.6) is 0 Å². The van der Waals surface area contributed by atoms with Crippen molar-refractivity contribution in [1.82, 2.24) is 19.7 Å². The molecule has 8 nitrogen and oxygen atoms in total. The maximum atomic E-state index is 14.2. The number of rotatable bonds is 8. The van der Waals surface area contributed by atoms with Crippen LogP contribution >= 0.6 is 15.9 Å². The molecule has 0 amide bonds. The number of aliphatic hydroxyl groups is 2. The molecule has 0 aliphatic rings. The minimum absolute atomic E-state index is 0.0546. The van der Waals surface area contributed by atoms with Crippen LogP contribution in [0.2, 0.25) is 0 Å². The second-order valence-corrected chi connectivity index (χ2v) is 6.73. The summed E-state index contributed by atoms with van der Waals surface area (Å²) in [7, 11) is 0. The molecule has 11 heteroatoms. The number of hydrogen-bond acceptors (Lipinski definition) is 7. The molecule has 1 unspecified atom stereocenters. The van der Waals surface area contributed by atoms with Crippen molar-refractivity contribution in [3.05, 3.63) is 58.5 Å². The van der Waals surface area contributed by atoms with Crippen LogP contribution in [0.4, 0.5) is 26.2 Å². The van der Waals surface area contributed by atoms with E-state index in [0.717, 1.165) is 6.20 Å². The van der Waals surface area contributed by atoms with E-state index in [1.165, 1.54) is 23.0 Å². The average Bonchev–Trinajstić information content (AvgIpc) is 3.08. The molecule has 1 aromatic carbocycles. The van der Waals surface area contributed by atoms with Crippen molar-refractivity contribution in [3.8, 4) is 0 Å². The minimum Gasteiger partial charge on any atom is -0.394 e. The molecule has 3 rings (SSSR count). The highest BCUT2D eigenvalue weighted by Crippen LogP contribution is 2.25. The highest BCUT2D eigenvalue weighted by atomic mass is 79.9. The van der Waals surface area contributed by atoms with Crippen molar-refractivity contribution in [2.24, 2.45) is 0 Å². The number of aliphatic hydroxyl groups excluding tert-OH is 2. The monoisotopic (exact) mass is 454 g/mol. The van der Waals surface area contributed by atoms with Crippen LogP contribution in [0.15, 0.2) is 41.3 Å². The van der Waals surface area contributed by atoms with Gasteiger partial charge in [-0.2, -0.15) is 10.1 Å². The average molecular weight is 455 g/mol. The molecule has 0 aliphatic carbocycles. The zero-order valence-corrected chi connectivity index (χ0v) is 16.1. The number of nitrogens with zero attached hydrogens (tertiary/aromatic N) is 4. The summed E-state index contributed by atoms with van der Waals surface area (Å²) in [5, 5.41) is 28.2. The first kappa shape index (κ1) is 20.1. The highest BCUT2D eigenvalue weighted by molar-refractivity contribution is 9.10. The van der Waals surface area contributed by atoms with Gasteiger partial charge in [-0.05, 0) is 23.8 Å². The molecule has 2 heterocycles. The van der Waals surface area contributed by atoms with E-state index in [0.29, 0.717) is 22.3 Å².